The van der Waals surface area contributed by atoms with E-state index in [0.29, 0.717) is 11.3 Å². The third-order valence-electron chi connectivity index (χ3n) is 5.95. The summed E-state index contributed by atoms with van der Waals surface area (Å²) in [6.07, 6.45) is 0.775. The Bertz CT molecular complexity index is 1020. The summed E-state index contributed by atoms with van der Waals surface area (Å²) < 4.78 is 0. The highest BCUT2D eigenvalue weighted by Crippen LogP contribution is 2.59. The van der Waals surface area contributed by atoms with E-state index in [0.717, 1.165) is 6.42 Å². The number of amides is 1. The van der Waals surface area contributed by atoms with E-state index in [1.165, 1.54) is 29.2 Å². The van der Waals surface area contributed by atoms with Crippen LogP contribution in [-0.4, -0.2) is 11.7 Å². The quantitative estimate of drug-likeness (QED) is 0.596. The first kappa shape index (κ1) is 19.1. The SMILES string of the molecule is CC(=O)c1cccc(NC(=O)C2CC2(c2ccc(C)cc2)c2ccc(C)cc2)c1. The van der Waals surface area contributed by atoms with E-state index in [1.54, 1.807) is 18.2 Å². The highest BCUT2D eigenvalue weighted by Gasteiger charge is 2.60. The molecule has 1 N–H and O–H groups in total. The van der Waals surface area contributed by atoms with Crippen molar-refractivity contribution in [1.82, 2.24) is 0 Å². The number of nitrogens with one attached hydrogen (secondary N) is 1. The predicted molar refractivity (Wildman–Crippen MR) is 116 cm³/mol. The number of ketones is 1. The maximum absolute atomic E-state index is 13.2. The number of anilines is 1. The summed E-state index contributed by atoms with van der Waals surface area (Å²) in [4.78, 5) is 24.8. The summed E-state index contributed by atoms with van der Waals surface area (Å²) in [5.41, 5.74) is 5.71. The van der Waals surface area contributed by atoms with Crippen molar-refractivity contribution in [1.29, 1.82) is 0 Å². The molecule has 146 valence electrons. The highest BCUT2D eigenvalue weighted by molar-refractivity contribution is 5.99. The lowest BCUT2D eigenvalue weighted by Crippen LogP contribution is -2.22. The molecule has 4 rings (SSSR count). The molecule has 0 radical (unpaired) electrons. The van der Waals surface area contributed by atoms with E-state index in [2.05, 4.69) is 67.7 Å². The van der Waals surface area contributed by atoms with Crippen LogP contribution in [0.3, 0.4) is 0 Å². The van der Waals surface area contributed by atoms with E-state index < -0.39 is 0 Å². The number of aryl methyl sites for hydroxylation is 2. The smallest absolute Gasteiger partial charge is 0.228 e. The summed E-state index contributed by atoms with van der Waals surface area (Å²) in [5, 5.41) is 3.03. The Balaban J connectivity index is 1.65. The molecule has 0 saturated heterocycles. The minimum atomic E-state index is -0.302. The molecule has 0 aromatic heterocycles. The minimum Gasteiger partial charge on any atom is -0.326 e. The number of rotatable bonds is 5. The molecule has 1 aliphatic carbocycles. The number of Topliss-reactive ketones (excluding diaryl/α,β-unsaturated/α-hetero) is 1. The lowest BCUT2D eigenvalue weighted by atomic mass is 9.85. The van der Waals surface area contributed by atoms with Gasteiger partial charge in [-0.15, -0.1) is 0 Å². The Labute approximate surface area is 171 Å². The summed E-state index contributed by atoms with van der Waals surface area (Å²) in [6.45, 7) is 5.67. The van der Waals surface area contributed by atoms with Crippen LogP contribution >= 0.6 is 0 Å². The third kappa shape index (κ3) is 3.61. The van der Waals surface area contributed by atoms with Gasteiger partial charge in [-0.1, -0.05) is 71.8 Å². The first-order chi connectivity index (χ1) is 13.9. The van der Waals surface area contributed by atoms with Gasteiger partial charge < -0.3 is 5.32 Å². The van der Waals surface area contributed by atoms with Gasteiger partial charge in [0, 0.05) is 16.7 Å². The van der Waals surface area contributed by atoms with Gasteiger partial charge in [0.05, 0.1) is 5.92 Å². The number of carbonyl (C=O) groups excluding carboxylic acids is 2. The molecule has 1 unspecified atom stereocenters. The topological polar surface area (TPSA) is 46.2 Å². The molecule has 3 heteroatoms. The van der Waals surface area contributed by atoms with Crippen LogP contribution in [0.25, 0.3) is 0 Å². The largest absolute Gasteiger partial charge is 0.326 e. The average molecular weight is 383 g/mol. The minimum absolute atomic E-state index is 0.00754. The molecule has 1 fully saturated rings. The van der Waals surface area contributed by atoms with E-state index in [1.807, 2.05) is 6.07 Å². The van der Waals surface area contributed by atoms with Crippen molar-refractivity contribution in [2.75, 3.05) is 5.32 Å². The number of benzene rings is 3. The summed E-state index contributed by atoms with van der Waals surface area (Å²) in [6, 6.07) is 24.1. The van der Waals surface area contributed by atoms with Crippen LogP contribution in [0.15, 0.2) is 72.8 Å². The zero-order valence-electron chi connectivity index (χ0n) is 17.0. The fraction of sp³-hybridized carbons (Fsp3) is 0.231. The van der Waals surface area contributed by atoms with Crippen LogP contribution in [0.5, 0.6) is 0 Å². The Morgan fingerprint density at radius 2 is 1.41 bits per heavy atom. The number of hydrogen-bond acceptors (Lipinski definition) is 2. The van der Waals surface area contributed by atoms with E-state index in [-0.39, 0.29) is 23.0 Å². The third-order valence-corrected chi connectivity index (χ3v) is 5.95. The predicted octanol–water partition coefficient (Wildman–Crippen LogP) is 5.45. The molecular formula is C26H25NO2. The molecule has 1 saturated carbocycles. The van der Waals surface area contributed by atoms with E-state index >= 15 is 0 Å². The maximum Gasteiger partial charge on any atom is 0.228 e. The Hall–Kier alpha value is -3.20. The molecule has 3 aromatic rings. The van der Waals surface area contributed by atoms with Crippen LogP contribution in [0.1, 0.15) is 46.0 Å². The second-order valence-corrected chi connectivity index (χ2v) is 8.09. The van der Waals surface area contributed by atoms with Crippen molar-refractivity contribution in [3.8, 4) is 0 Å². The van der Waals surface area contributed by atoms with Crippen molar-refractivity contribution in [3.05, 3.63) is 101 Å². The number of carbonyl (C=O) groups is 2. The van der Waals surface area contributed by atoms with Crippen LogP contribution < -0.4 is 5.32 Å². The van der Waals surface area contributed by atoms with E-state index in [9.17, 15) is 9.59 Å². The van der Waals surface area contributed by atoms with Crippen LogP contribution in [0.4, 0.5) is 5.69 Å². The molecule has 1 atom stereocenters. The first-order valence-corrected chi connectivity index (χ1v) is 9.96. The highest BCUT2D eigenvalue weighted by atomic mass is 16.2. The molecule has 3 aromatic carbocycles. The van der Waals surface area contributed by atoms with Gasteiger partial charge in [0.15, 0.2) is 5.78 Å². The second-order valence-electron chi connectivity index (χ2n) is 8.09. The molecule has 1 amide bonds. The average Bonchev–Trinajstić information content (AvgIpc) is 3.46. The summed E-state index contributed by atoms with van der Waals surface area (Å²) >= 11 is 0. The van der Waals surface area contributed by atoms with Crippen molar-refractivity contribution in [2.45, 2.75) is 32.6 Å². The van der Waals surface area contributed by atoms with Gasteiger partial charge >= 0.3 is 0 Å². The zero-order valence-corrected chi connectivity index (χ0v) is 17.0. The lowest BCUT2D eigenvalue weighted by molar-refractivity contribution is -0.117. The second kappa shape index (κ2) is 7.32. The van der Waals surface area contributed by atoms with Gasteiger partial charge in [0.2, 0.25) is 5.91 Å². The monoisotopic (exact) mass is 383 g/mol. The fourth-order valence-electron chi connectivity index (χ4n) is 4.13. The Morgan fingerprint density at radius 3 is 1.93 bits per heavy atom. The van der Waals surface area contributed by atoms with Crippen LogP contribution in [0, 0.1) is 19.8 Å². The molecule has 3 nitrogen and oxygen atoms in total. The van der Waals surface area contributed by atoms with Gasteiger partial charge in [-0.2, -0.15) is 0 Å². The van der Waals surface area contributed by atoms with Gasteiger partial charge in [0.1, 0.15) is 0 Å². The van der Waals surface area contributed by atoms with E-state index in [4.69, 9.17) is 0 Å². The molecule has 0 spiro atoms. The van der Waals surface area contributed by atoms with Gasteiger partial charge in [-0.25, -0.2) is 0 Å². The van der Waals surface area contributed by atoms with Crippen LogP contribution in [-0.2, 0) is 10.2 Å². The normalized spacial score (nSPS) is 16.9. The van der Waals surface area contributed by atoms with Gasteiger partial charge in [-0.05, 0) is 50.5 Å². The Morgan fingerprint density at radius 1 is 0.862 bits per heavy atom. The Kier molecular flexibility index (Phi) is 4.83. The molecule has 0 aliphatic heterocycles. The first-order valence-electron chi connectivity index (χ1n) is 9.96. The number of hydrogen-bond donors (Lipinski definition) is 1. The summed E-state index contributed by atoms with van der Waals surface area (Å²) in [5.74, 6) is -0.165. The van der Waals surface area contributed by atoms with Crippen molar-refractivity contribution >= 4 is 17.4 Å². The molecule has 29 heavy (non-hydrogen) atoms. The maximum atomic E-state index is 13.2. The fourth-order valence-corrected chi connectivity index (χ4v) is 4.13. The van der Waals surface area contributed by atoms with Crippen molar-refractivity contribution in [3.63, 3.8) is 0 Å². The van der Waals surface area contributed by atoms with Crippen molar-refractivity contribution < 1.29 is 9.59 Å². The molecular weight excluding hydrogens is 358 g/mol. The zero-order chi connectivity index (χ0) is 20.6. The van der Waals surface area contributed by atoms with Crippen molar-refractivity contribution in [2.24, 2.45) is 5.92 Å². The van der Waals surface area contributed by atoms with Gasteiger partial charge in [0.25, 0.3) is 0 Å². The lowest BCUT2D eigenvalue weighted by Gasteiger charge is -2.19. The molecule has 0 bridgehead atoms. The molecule has 0 heterocycles. The summed E-state index contributed by atoms with van der Waals surface area (Å²) in [7, 11) is 0. The standard InChI is InChI=1S/C26H25NO2/c1-17-7-11-21(12-8-17)26(22-13-9-18(2)10-14-22)16-24(26)25(29)27-23-6-4-5-20(15-23)19(3)28/h4-15,24H,16H2,1-3H3,(H,27,29). The van der Waals surface area contributed by atoms with Gasteiger partial charge in [-0.3, -0.25) is 9.59 Å². The molecule has 1 aliphatic rings. The van der Waals surface area contributed by atoms with Crippen LogP contribution in [0.2, 0.25) is 0 Å².